The Kier molecular flexibility index (Phi) is 2.13. The normalized spacial score (nSPS) is 10.2. The summed E-state index contributed by atoms with van der Waals surface area (Å²) in [5, 5.41) is 4.03. The van der Waals surface area contributed by atoms with Crippen LogP contribution in [0.25, 0.3) is 5.69 Å². The number of hydrogen-bond donors (Lipinski definition) is 0. The molecule has 0 saturated carbocycles. The van der Waals surface area contributed by atoms with E-state index in [1.807, 2.05) is 6.20 Å². The highest BCUT2D eigenvalue weighted by molar-refractivity contribution is 5.33. The first-order chi connectivity index (χ1) is 6.40. The summed E-state index contributed by atoms with van der Waals surface area (Å²) in [4.78, 5) is 0. The van der Waals surface area contributed by atoms with Crippen LogP contribution < -0.4 is 0 Å². The molecule has 2 nitrogen and oxygen atoms in total. The van der Waals surface area contributed by atoms with Crippen molar-refractivity contribution >= 4 is 0 Å². The largest absolute Gasteiger partial charge is 0.240 e. The van der Waals surface area contributed by atoms with Crippen molar-refractivity contribution in [1.82, 2.24) is 9.78 Å². The predicted octanol–water partition coefficient (Wildman–Crippen LogP) is 2.23. The first-order valence-corrected chi connectivity index (χ1v) is 4.41. The number of benzene rings is 1. The lowest BCUT2D eigenvalue weighted by Crippen LogP contribution is -1.93. The average molecular weight is 171 g/mol. The molecule has 0 aliphatic heterocycles. The van der Waals surface area contributed by atoms with Gasteiger partial charge in [0, 0.05) is 6.20 Å². The summed E-state index contributed by atoms with van der Waals surface area (Å²) >= 11 is 0. The summed E-state index contributed by atoms with van der Waals surface area (Å²) in [5.74, 6) is 0. The van der Waals surface area contributed by atoms with Crippen LogP contribution in [0.3, 0.4) is 0 Å². The van der Waals surface area contributed by atoms with Gasteiger partial charge in [0.25, 0.3) is 0 Å². The zero-order valence-corrected chi connectivity index (χ0v) is 7.57. The molecule has 2 heteroatoms. The molecule has 0 N–H and O–H groups in total. The monoisotopic (exact) mass is 171 g/mol. The highest BCUT2D eigenvalue weighted by Crippen LogP contribution is 2.08. The van der Waals surface area contributed by atoms with Crippen molar-refractivity contribution < 1.29 is 0 Å². The highest BCUT2D eigenvalue weighted by Gasteiger charge is 1.94. The molecule has 0 saturated heterocycles. The Balaban J connectivity index is 2.33. The molecule has 2 rings (SSSR count). The third-order valence-corrected chi connectivity index (χ3v) is 2.06. The van der Waals surface area contributed by atoms with Crippen LogP contribution in [0.1, 0.15) is 12.5 Å². The molecule has 1 aromatic heterocycles. The smallest absolute Gasteiger partial charge is 0.113 e. The molecular weight excluding hydrogens is 160 g/mol. The fourth-order valence-electron chi connectivity index (χ4n) is 1.26. The van der Waals surface area contributed by atoms with Crippen molar-refractivity contribution in [2.75, 3.05) is 0 Å². The van der Waals surface area contributed by atoms with Crippen molar-refractivity contribution in [3.8, 4) is 5.69 Å². The Morgan fingerprint density at radius 2 is 2.08 bits per heavy atom. The minimum atomic E-state index is 1.07. The van der Waals surface area contributed by atoms with Crippen LogP contribution in [0.2, 0.25) is 0 Å². The lowest BCUT2D eigenvalue weighted by molar-refractivity contribution is 0.876. The molecule has 0 unspecified atom stereocenters. The van der Waals surface area contributed by atoms with Crippen molar-refractivity contribution in [2.45, 2.75) is 13.3 Å². The van der Waals surface area contributed by atoms with Gasteiger partial charge in [-0.1, -0.05) is 19.1 Å². The number of nitrogens with zero attached hydrogens (tertiary/aromatic N) is 2. The third-order valence-electron chi connectivity index (χ3n) is 2.06. The average Bonchev–Trinajstić information content (AvgIpc) is 2.71. The van der Waals surface area contributed by atoms with Crippen molar-refractivity contribution in [2.24, 2.45) is 0 Å². The Morgan fingerprint density at radius 3 is 2.62 bits per heavy atom. The summed E-state index contributed by atoms with van der Waals surface area (Å²) in [6, 6.07) is 10.2. The van der Waals surface area contributed by atoms with E-state index in [4.69, 9.17) is 0 Å². The third kappa shape index (κ3) is 1.61. The second-order valence-electron chi connectivity index (χ2n) is 2.91. The van der Waals surface area contributed by atoms with Gasteiger partial charge in [-0.3, -0.25) is 0 Å². The second-order valence-corrected chi connectivity index (χ2v) is 2.91. The van der Waals surface area contributed by atoms with Crippen molar-refractivity contribution in [3.63, 3.8) is 0 Å². The molecule has 0 aliphatic rings. The molecule has 1 heterocycles. The van der Waals surface area contributed by atoms with Crippen LogP contribution in [0.4, 0.5) is 0 Å². The fourth-order valence-corrected chi connectivity index (χ4v) is 1.26. The summed E-state index contributed by atoms with van der Waals surface area (Å²) < 4.78 is 1.80. The number of aryl methyl sites for hydroxylation is 1. The Hall–Kier alpha value is -1.57. The van der Waals surface area contributed by atoms with Crippen molar-refractivity contribution in [3.05, 3.63) is 48.3 Å². The minimum absolute atomic E-state index is 1.07. The van der Waals surface area contributed by atoms with Gasteiger partial charge < -0.3 is 0 Å². The topological polar surface area (TPSA) is 17.8 Å². The lowest BCUT2D eigenvalue weighted by atomic mass is 10.1. The van der Waals surface area contributed by atoms with Crippen LogP contribution in [0.5, 0.6) is 0 Å². The second kappa shape index (κ2) is 3.44. The van der Waals surface area contributed by atoms with Gasteiger partial charge in [-0.05, 0) is 30.2 Å². The Labute approximate surface area is 77.8 Å². The zero-order chi connectivity index (χ0) is 9.10. The fraction of sp³-hybridized carbons (Fsp3) is 0.182. The number of hydrogen-bond acceptors (Lipinski definition) is 1. The minimum Gasteiger partial charge on any atom is -0.240 e. The summed E-state index contributed by atoms with van der Waals surface area (Å²) in [7, 11) is 0. The van der Waals surface area contributed by atoms with Gasteiger partial charge in [-0.25, -0.2) is 4.68 Å². The zero-order valence-electron chi connectivity index (χ0n) is 7.57. The Morgan fingerprint density at radius 1 is 1.31 bits per heavy atom. The summed E-state index contributed by atoms with van der Waals surface area (Å²) in [5.41, 5.74) is 2.43. The summed E-state index contributed by atoms with van der Waals surface area (Å²) in [6.07, 6.45) is 5.73. The first kappa shape index (κ1) is 8.05. The maximum absolute atomic E-state index is 4.03. The molecule has 1 aromatic carbocycles. The van der Waals surface area contributed by atoms with Crippen LogP contribution >= 0.6 is 0 Å². The maximum atomic E-state index is 4.03. The number of aromatic nitrogens is 2. The van der Waals surface area contributed by atoms with Gasteiger partial charge in [-0.2, -0.15) is 5.10 Å². The van der Waals surface area contributed by atoms with Crippen LogP contribution in [0.15, 0.2) is 36.5 Å². The molecule has 1 radical (unpaired) electrons. The SMILES string of the molecule is CCc1ccc(-n2cc[c]n2)cc1. The number of rotatable bonds is 2. The Bertz CT molecular complexity index is 359. The molecule has 0 fully saturated rings. The van der Waals surface area contributed by atoms with Gasteiger partial charge in [-0.15, -0.1) is 0 Å². The summed E-state index contributed by atoms with van der Waals surface area (Å²) in [6.45, 7) is 2.15. The van der Waals surface area contributed by atoms with E-state index in [-0.39, 0.29) is 0 Å². The molecule has 65 valence electrons. The molecule has 0 atom stereocenters. The van der Waals surface area contributed by atoms with Gasteiger partial charge in [0.1, 0.15) is 6.20 Å². The molecule has 0 amide bonds. The molecule has 0 bridgehead atoms. The van der Waals surface area contributed by atoms with Crippen molar-refractivity contribution in [1.29, 1.82) is 0 Å². The van der Waals surface area contributed by atoms with Crippen LogP contribution in [-0.4, -0.2) is 9.78 Å². The molecular formula is C11H11N2. The first-order valence-electron chi connectivity index (χ1n) is 4.41. The van der Waals surface area contributed by atoms with E-state index in [9.17, 15) is 0 Å². The van der Waals surface area contributed by atoms with Crippen LogP contribution in [-0.2, 0) is 6.42 Å². The van der Waals surface area contributed by atoms with E-state index in [1.165, 1.54) is 5.56 Å². The quantitative estimate of drug-likeness (QED) is 0.677. The van der Waals surface area contributed by atoms with Gasteiger partial charge in [0.05, 0.1) is 5.69 Å². The van der Waals surface area contributed by atoms with Gasteiger partial charge >= 0.3 is 0 Å². The van der Waals surface area contributed by atoms with Gasteiger partial charge in [0.2, 0.25) is 0 Å². The predicted molar refractivity (Wildman–Crippen MR) is 51.8 cm³/mol. The molecule has 13 heavy (non-hydrogen) atoms. The van der Waals surface area contributed by atoms with E-state index < -0.39 is 0 Å². The molecule has 2 aromatic rings. The maximum Gasteiger partial charge on any atom is 0.113 e. The lowest BCUT2D eigenvalue weighted by Gasteiger charge is -2.01. The van der Waals surface area contributed by atoms with E-state index in [0.717, 1.165) is 12.1 Å². The van der Waals surface area contributed by atoms with E-state index in [1.54, 1.807) is 10.7 Å². The molecule has 0 spiro atoms. The van der Waals surface area contributed by atoms with E-state index in [2.05, 4.69) is 42.5 Å². The van der Waals surface area contributed by atoms with Gasteiger partial charge in [0.15, 0.2) is 0 Å². The highest BCUT2D eigenvalue weighted by atomic mass is 15.3. The standard InChI is InChI=1S/C11H11N2/c1-2-10-4-6-11(7-5-10)13-9-3-8-12-13/h3-7,9H,2H2,1H3. The van der Waals surface area contributed by atoms with E-state index >= 15 is 0 Å². The van der Waals surface area contributed by atoms with Crippen LogP contribution in [0, 0.1) is 6.20 Å². The van der Waals surface area contributed by atoms with E-state index in [0.29, 0.717) is 0 Å². The molecule has 0 aliphatic carbocycles.